The van der Waals surface area contributed by atoms with E-state index in [0.29, 0.717) is 19.1 Å². The van der Waals surface area contributed by atoms with Gasteiger partial charge in [0.1, 0.15) is 0 Å². The van der Waals surface area contributed by atoms with Gasteiger partial charge in [-0.05, 0) is 24.6 Å². The Kier molecular flexibility index (Phi) is 15.3. The Labute approximate surface area is 259 Å². The van der Waals surface area contributed by atoms with Gasteiger partial charge in [-0.3, -0.25) is 9.88 Å². The normalized spacial score (nSPS) is 19.3. The second-order valence-electron chi connectivity index (χ2n) is 9.49. The number of hydrogen-bond donors (Lipinski definition) is 3. The highest BCUT2D eigenvalue weighted by Crippen LogP contribution is 2.37. The van der Waals surface area contributed by atoms with Gasteiger partial charge in [-0.25, -0.2) is 19.4 Å². The molecule has 2 fully saturated rings. The third-order valence-corrected chi connectivity index (χ3v) is 5.93. The molecule has 0 aromatic carbocycles. The molecular weight excluding hydrogens is 669 g/mol. The molecule has 3 N–H and O–H groups in total. The summed E-state index contributed by atoms with van der Waals surface area (Å²) in [6.45, 7) is 3.99. The number of hydrogen-bond acceptors (Lipinski definition) is 9. The van der Waals surface area contributed by atoms with Crippen molar-refractivity contribution in [1.82, 2.24) is 14.9 Å². The summed E-state index contributed by atoms with van der Waals surface area (Å²) < 4.78 is 113. The molecule has 0 aliphatic carbocycles. The fourth-order valence-corrected chi connectivity index (χ4v) is 3.91. The monoisotopic (exact) mass is 697 g/mol. The lowest BCUT2D eigenvalue weighted by molar-refractivity contribution is -0.193. The minimum atomic E-state index is -5.08. The largest absolute Gasteiger partial charge is 0.490 e. The van der Waals surface area contributed by atoms with Crippen LogP contribution in [0, 0.1) is 0 Å². The highest BCUT2D eigenvalue weighted by atomic mass is 19.4. The third-order valence-electron chi connectivity index (χ3n) is 5.93. The summed E-state index contributed by atoms with van der Waals surface area (Å²) >= 11 is 0. The summed E-state index contributed by atoms with van der Waals surface area (Å²) in [5.74, 6) is -7.56. The summed E-state index contributed by atoms with van der Waals surface area (Å²) in [5.41, 5.74) is 2.00. The number of carboxylic acids is 3. The highest BCUT2D eigenvalue weighted by molar-refractivity contribution is 5.73. The third kappa shape index (κ3) is 15.3. The van der Waals surface area contributed by atoms with Crippen LogP contribution in [0.4, 0.5) is 39.5 Å². The topological polar surface area (TPSA) is 169 Å². The highest BCUT2D eigenvalue weighted by Gasteiger charge is 2.46. The lowest BCUT2D eigenvalue weighted by atomic mass is 9.98. The van der Waals surface area contributed by atoms with E-state index in [1.165, 1.54) is 0 Å². The fourth-order valence-electron chi connectivity index (χ4n) is 3.91. The van der Waals surface area contributed by atoms with Gasteiger partial charge >= 0.3 is 36.4 Å². The van der Waals surface area contributed by atoms with Gasteiger partial charge in [0.25, 0.3) is 0 Å². The van der Waals surface area contributed by atoms with Crippen LogP contribution in [0.1, 0.15) is 24.1 Å². The van der Waals surface area contributed by atoms with E-state index in [4.69, 9.17) is 43.9 Å². The standard InChI is InChI=1S/C20H25N3O3.3C2HF3O2/c1-24-19-16(5-4-9-22-19)12-23-10-7-20(15-23)11-18(14-26-20)25-13-17-6-2-3-8-21-17;3*3-2(4,5)1(6)7/h2-6,8-9,18H,7,10-15H2,1H3;3*(H,6,7)/t18-,20+;;;/m1.../s1. The van der Waals surface area contributed by atoms with Crippen LogP contribution in [-0.4, -0.2) is 105 Å². The minimum absolute atomic E-state index is 0.0791. The first-order chi connectivity index (χ1) is 21.6. The first-order valence-electron chi connectivity index (χ1n) is 12.9. The molecule has 0 amide bonds. The maximum atomic E-state index is 10.6. The van der Waals surface area contributed by atoms with E-state index in [1.807, 2.05) is 24.3 Å². The average molecular weight is 698 g/mol. The summed E-state index contributed by atoms with van der Waals surface area (Å²) in [6, 6.07) is 9.92. The molecule has 0 radical (unpaired) electrons. The molecule has 2 aromatic heterocycles. The zero-order chi connectivity index (χ0) is 36.1. The van der Waals surface area contributed by atoms with Crippen LogP contribution < -0.4 is 4.74 Å². The number of halogens is 9. The Hall–Kier alpha value is -4.24. The predicted molar refractivity (Wildman–Crippen MR) is 138 cm³/mol. The number of rotatable bonds is 6. The van der Waals surface area contributed by atoms with E-state index >= 15 is 0 Å². The van der Waals surface area contributed by atoms with Crippen molar-refractivity contribution in [2.45, 2.75) is 56.2 Å². The maximum Gasteiger partial charge on any atom is 0.490 e. The molecule has 0 saturated carbocycles. The molecule has 0 unspecified atom stereocenters. The Balaban J connectivity index is 0.000000430. The van der Waals surface area contributed by atoms with Gasteiger partial charge in [-0.2, -0.15) is 39.5 Å². The molecule has 2 aliphatic rings. The number of carboxylic acid groups (broad SMARTS) is 3. The number of carbonyl (C=O) groups is 3. The zero-order valence-corrected chi connectivity index (χ0v) is 24.1. The summed E-state index contributed by atoms with van der Waals surface area (Å²) in [7, 11) is 1.67. The van der Waals surface area contributed by atoms with E-state index in [9.17, 15) is 39.5 Å². The molecule has 2 atom stereocenters. The van der Waals surface area contributed by atoms with Crippen molar-refractivity contribution in [2.24, 2.45) is 0 Å². The fraction of sp³-hybridized carbons (Fsp3) is 0.500. The molecule has 12 nitrogen and oxygen atoms in total. The van der Waals surface area contributed by atoms with Crippen molar-refractivity contribution in [3.63, 3.8) is 0 Å². The Morgan fingerprint density at radius 2 is 1.43 bits per heavy atom. The molecule has 4 heterocycles. The molecule has 47 heavy (non-hydrogen) atoms. The van der Waals surface area contributed by atoms with Crippen LogP contribution in [-0.2, 0) is 37.0 Å². The number of likely N-dealkylation sites (tertiary alicyclic amines) is 1. The molecule has 1 spiro atoms. The second kappa shape index (κ2) is 17.6. The van der Waals surface area contributed by atoms with Gasteiger partial charge in [0.2, 0.25) is 5.88 Å². The smallest absolute Gasteiger partial charge is 0.481 e. The van der Waals surface area contributed by atoms with Crippen LogP contribution in [0.2, 0.25) is 0 Å². The molecule has 2 aliphatic heterocycles. The number of ether oxygens (including phenoxy) is 3. The molecular formula is C26H28F9N3O9. The van der Waals surface area contributed by atoms with Crippen LogP contribution in [0.15, 0.2) is 42.7 Å². The van der Waals surface area contributed by atoms with Crippen molar-refractivity contribution in [3.8, 4) is 5.88 Å². The van der Waals surface area contributed by atoms with Gasteiger partial charge in [0.15, 0.2) is 0 Å². The van der Waals surface area contributed by atoms with Crippen molar-refractivity contribution < 1.29 is 83.4 Å². The van der Waals surface area contributed by atoms with E-state index in [1.54, 1.807) is 19.5 Å². The number of nitrogens with zero attached hydrogens (tertiary/aromatic N) is 3. The van der Waals surface area contributed by atoms with Crippen LogP contribution in [0.3, 0.4) is 0 Å². The lowest BCUT2D eigenvalue weighted by Crippen LogP contribution is -2.33. The van der Waals surface area contributed by atoms with E-state index < -0.39 is 36.4 Å². The maximum absolute atomic E-state index is 10.6. The van der Waals surface area contributed by atoms with Crippen molar-refractivity contribution >= 4 is 17.9 Å². The summed E-state index contributed by atoms with van der Waals surface area (Å²) in [5, 5.41) is 21.4. The molecule has 2 saturated heterocycles. The Morgan fingerprint density at radius 3 is 1.89 bits per heavy atom. The second-order valence-corrected chi connectivity index (χ2v) is 9.49. The number of alkyl halides is 9. The minimum Gasteiger partial charge on any atom is -0.481 e. The van der Waals surface area contributed by atoms with Crippen LogP contribution >= 0.6 is 0 Å². The lowest BCUT2D eigenvalue weighted by Gasteiger charge is -2.23. The van der Waals surface area contributed by atoms with Crippen molar-refractivity contribution in [1.29, 1.82) is 0 Å². The first-order valence-corrected chi connectivity index (χ1v) is 12.9. The van der Waals surface area contributed by atoms with Gasteiger partial charge < -0.3 is 29.5 Å². The molecule has 4 rings (SSSR count). The Bertz CT molecular complexity index is 1240. The molecule has 21 heteroatoms. The number of aromatic nitrogens is 2. The number of pyridine rings is 2. The van der Waals surface area contributed by atoms with E-state index in [-0.39, 0.29) is 11.7 Å². The predicted octanol–water partition coefficient (Wildman–Crippen LogP) is 4.34. The van der Waals surface area contributed by atoms with Crippen molar-refractivity contribution in [3.05, 3.63) is 54.0 Å². The first kappa shape index (κ1) is 40.8. The van der Waals surface area contributed by atoms with Crippen molar-refractivity contribution in [2.75, 3.05) is 26.8 Å². The van der Waals surface area contributed by atoms with Gasteiger partial charge in [0.05, 0.1) is 37.7 Å². The Morgan fingerprint density at radius 1 is 0.894 bits per heavy atom. The molecule has 0 bridgehead atoms. The molecule has 264 valence electrons. The average Bonchev–Trinajstić information content (AvgIpc) is 3.57. The summed E-state index contributed by atoms with van der Waals surface area (Å²) in [4.78, 5) is 37.7. The van der Waals surface area contributed by atoms with Crippen LogP contribution in [0.5, 0.6) is 5.88 Å². The quantitative estimate of drug-likeness (QED) is 0.366. The van der Waals surface area contributed by atoms with Gasteiger partial charge in [-0.1, -0.05) is 12.1 Å². The summed E-state index contributed by atoms with van der Waals surface area (Å²) in [6.07, 6.45) is -9.56. The van der Waals surface area contributed by atoms with Gasteiger partial charge in [0, 0.05) is 44.0 Å². The molecule has 2 aromatic rings. The van der Waals surface area contributed by atoms with Gasteiger partial charge in [-0.15, -0.1) is 0 Å². The van der Waals surface area contributed by atoms with E-state index in [2.05, 4.69) is 20.9 Å². The van der Waals surface area contributed by atoms with E-state index in [0.717, 1.165) is 43.7 Å². The van der Waals surface area contributed by atoms with Crippen LogP contribution in [0.25, 0.3) is 0 Å². The SMILES string of the molecule is COc1ncccc1CN1CC[C@]2(C[C@@H](OCc3ccccn3)CO2)C1.O=C(O)C(F)(F)F.O=C(O)C(F)(F)F.O=C(O)C(F)(F)F. The zero-order valence-electron chi connectivity index (χ0n) is 24.1. The number of aliphatic carboxylic acids is 3. The number of methoxy groups -OCH3 is 1.